The van der Waals surface area contributed by atoms with Crippen molar-refractivity contribution in [3.05, 3.63) is 69.4 Å². The van der Waals surface area contributed by atoms with Gasteiger partial charge in [-0.3, -0.25) is 0 Å². The summed E-state index contributed by atoms with van der Waals surface area (Å²) in [6.07, 6.45) is 16.9. The van der Waals surface area contributed by atoms with Crippen LogP contribution in [0.15, 0.2) is 63.8 Å². The quantitative estimate of drug-likeness (QED) is 0.250. The Hall–Kier alpha value is -2.45. The Balaban J connectivity index is 1.24. The molecule has 6 nitrogen and oxygen atoms in total. The summed E-state index contributed by atoms with van der Waals surface area (Å²) >= 11 is 0. The number of hydrogen-bond acceptors (Lipinski definition) is 8. The van der Waals surface area contributed by atoms with Crippen LogP contribution >= 0.6 is 21.6 Å². The minimum atomic E-state index is -0.589. The van der Waals surface area contributed by atoms with Crippen LogP contribution in [-0.4, -0.2) is 28.6 Å². The van der Waals surface area contributed by atoms with Gasteiger partial charge in [0.05, 0.1) is 16.9 Å². The van der Waals surface area contributed by atoms with E-state index >= 15 is 0 Å². The summed E-state index contributed by atoms with van der Waals surface area (Å²) in [5.41, 5.74) is 6.43. The van der Waals surface area contributed by atoms with E-state index < -0.39 is 5.41 Å². The molecule has 0 aromatic carbocycles. The summed E-state index contributed by atoms with van der Waals surface area (Å²) in [4.78, 5) is 33.1. The van der Waals surface area contributed by atoms with Crippen LogP contribution in [0.3, 0.4) is 0 Å². The Kier molecular flexibility index (Phi) is 7.12. The van der Waals surface area contributed by atoms with Crippen molar-refractivity contribution in [2.45, 2.75) is 90.9 Å². The molecule has 1 spiro atoms. The van der Waals surface area contributed by atoms with Crippen LogP contribution in [-0.2, 0) is 25.5 Å². The summed E-state index contributed by atoms with van der Waals surface area (Å²) in [5, 5.41) is 3.49. The zero-order valence-corrected chi connectivity index (χ0v) is 28.6. The molecule has 6 atom stereocenters. The summed E-state index contributed by atoms with van der Waals surface area (Å²) in [5.74, 6) is 5.42. The third-order valence-corrected chi connectivity index (χ3v) is 15.6. The van der Waals surface area contributed by atoms with Gasteiger partial charge in [0, 0.05) is 29.0 Å². The molecule has 0 amide bonds. The normalized spacial score (nSPS) is 37.3. The Morgan fingerprint density at radius 1 is 1.07 bits per heavy atom. The number of carbonyl (C=O) groups is 2. The Labute approximate surface area is 280 Å². The van der Waals surface area contributed by atoms with Gasteiger partial charge in [0.15, 0.2) is 0 Å². The number of esters is 2. The third-order valence-electron chi connectivity index (χ3n) is 13.2. The van der Waals surface area contributed by atoms with Gasteiger partial charge in [-0.1, -0.05) is 53.9 Å². The number of aromatic nitrogens is 1. The minimum absolute atomic E-state index is 0.0618. The van der Waals surface area contributed by atoms with Crippen LogP contribution in [0.5, 0.6) is 0 Å². The summed E-state index contributed by atoms with van der Waals surface area (Å²) < 4.78 is 12.9. The lowest BCUT2D eigenvalue weighted by atomic mass is 9.43. The van der Waals surface area contributed by atoms with E-state index in [4.69, 9.17) is 9.47 Å². The molecule has 242 valence electrons. The fourth-order valence-electron chi connectivity index (χ4n) is 11.2. The van der Waals surface area contributed by atoms with Gasteiger partial charge in [-0.05, 0) is 123 Å². The number of nitrogens with one attached hydrogen (secondary N) is 1. The maximum Gasteiger partial charge on any atom is 0.340 e. The van der Waals surface area contributed by atoms with Crippen LogP contribution in [0.25, 0.3) is 0 Å². The molecule has 3 aliphatic heterocycles. The molecule has 0 unspecified atom stereocenters. The molecule has 8 heteroatoms. The topological polar surface area (TPSA) is 77.5 Å². The molecule has 4 heterocycles. The van der Waals surface area contributed by atoms with Crippen molar-refractivity contribution in [1.82, 2.24) is 4.98 Å². The Bertz CT molecular complexity index is 1650. The number of carbonyl (C=O) groups excluding carboxylic acids is 2. The number of nitrogens with zero attached hydrogens (tertiary/aromatic N) is 1. The highest BCUT2D eigenvalue weighted by molar-refractivity contribution is 8.76. The largest absolute Gasteiger partial charge is 0.427 e. The molecule has 1 N–H and O–H groups in total. The highest BCUT2D eigenvalue weighted by atomic mass is 33.1. The van der Waals surface area contributed by atoms with E-state index in [0.29, 0.717) is 17.8 Å². The second-order valence-electron chi connectivity index (χ2n) is 15.2. The second kappa shape index (κ2) is 11.0. The highest BCUT2D eigenvalue weighted by Gasteiger charge is 2.69. The van der Waals surface area contributed by atoms with Crippen LogP contribution in [0.2, 0.25) is 0 Å². The van der Waals surface area contributed by atoms with Gasteiger partial charge in [-0.15, -0.1) is 0 Å². The van der Waals surface area contributed by atoms with Crippen molar-refractivity contribution in [2.75, 3.05) is 16.9 Å². The van der Waals surface area contributed by atoms with Gasteiger partial charge in [-0.25, -0.2) is 14.6 Å². The first-order valence-electron chi connectivity index (χ1n) is 17.7. The first-order valence-corrected chi connectivity index (χ1v) is 20.2. The summed E-state index contributed by atoms with van der Waals surface area (Å²) in [6.45, 7) is 4.60. The van der Waals surface area contributed by atoms with Gasteiger partial charge in [-0.2, -0.15) is 0 Å². The van der Waals surface area contributed by atoms with Gasteiger partial charge in [0.25, 0.3) is 0 Å². The molecular formula is C38H44N2O4S2. The van der Waals surface area contributed by atoms with Crippen molar-refractivity contribution >= 4 is 39.3 Å². The predicted molar refractivity (Wildman–Crippen MR) is 182 cm³/mol. The average molecular weight is 657 g/mol. The second-order valence-corrected chi connectivity index (χ2v) is 17.8. The fraction of sp³-hybridized carbons (Fsp3) is 0.605. The molecule has 6 aliphatic carbocycles. The van der Waals surface area contributed by atoms with Crippen molar-refractivity contribution in [1.29, 1.82) is 0 Å². The Morgan fingerprint density at radius 2 is 1.93 bits per heavy atom. The highest BCUT2D eigenvalue weighted by Crippen LogP contribution is 2.72. The van der Waals surface area contributed by atoms with E-state index in [0.717, 1.165) is 91.5 Å². The van der Waals surface area contributed by atoms with Gasteiger partial charge < -0.3 is 14.8 Å². The first-order chi connectivity index (χ1) is 22.4. The standard InChI is InChI=1S/C38H44N2O4S2/c1-3-37(12-4-5-13-37)27-8-7-23-18-26-24-10-14-38(32(26)31-30(23)34(27)44-35(31)41)28-9-6-21(2)19-45-46-20-40-29-17-22(11-15-39-29)16-25(24)33(38)36(42)43-28/h9,11,15,17,21,23-24,26,32H,3-8,10,12-14,16,18-20H2,1-2H3,(H,39,40)/b28-9+/t21-,23+,24-,26+,32-,38+/m1/s1. The SMILES string of the molecule is CCC1(C2=C3OC(=O)C4=C3[C@@H](CC2)C[C@H]2[C@@H]3CC[C@@]5(C6=C3Cc3ccnc(c3)NCSSC[C@H](C)C/C=C\5OC6=O)[C@@H]42)CCCC1. The van der Waals surface area contributed by atoms with E-state index in [1.165, 1.54) is 48.0 Å². The first kappa shape index (κ1) is 29.7. The summed E-state index contributed by atoms with van der Waals surface area (Å²) in [6, 6.07) is 4.25. The molecule has 46 heavy (non-hydrogen) atoms. The van der Waals surface area contributed by atoms with Crippen molar-refractivity contribution in [3.63, 3.8) is 0 Å². The van der Waals surface area contributed by atoms with Crippen LogP contribution in [0.4, 0.5) is 5.82 Å². The predicted octanol–water partition coefficient (Wildman–Crippen LogP) is 8.69. The lowest BCUT2D eigenvalue weighted by molar-refractivity contribution is -0.135. The lowest BCUT2D eigenvalue weighted by Crippen LogP contribution is -2.53. The van der Waals surface area contributed by atoms with Crippen molar-refractivity contribution < 1.29 is 19.1 Å². The van der Waals surface area contributed by atoms with Crippen LogP contribution < -0.4 is 5.32 Å². The zero-order valence-electron chi connectivity index (χ0n) is 27.0. The molecule has 10 rings (SSSR count). The smallest absolute Gasteiger partial charge is 0.340 e. The molecule has 7 bridgehead atoms. The number of fused-ring (bicyclic) bond motifs is 3. The molecule has 9 aliphatic rings. The molecular weight excluding hydrogens is 613 g/mol. The van der Waals surface area contributed by atoms with Crippen molar-refractivity contribution in [2.24, 2.45) is 40.4 Å². The number of anilines is 1. The molecule has 1 aromatic rings. The fourth-order valence-corrected chi connectivity index (χ4v) is 13.4. The van der Waals surface area contributed by atoms with E-state index in [-0.39, 0.29) is 29.2 Å². The van der Waals surface area contributed by atoms with Gasteiger partial charge >= 0.3 is 11.9 Å². The monoisotopic (exact) mass is 656 g/mol. The molecule has 1 saturated heterocycles. The number of rotatable bonds is 2. The van der Waals surface area contributed by atoms with E-state index in [1.54, 1.807) is 0 Å². The lowest BCUT2D eigenvalue weighted by Gasteiger charge is -2.57. The van der Waals surface area contributed by atoms with Gasteiger partial charge in [0.2, 0.25) is 0 Å². The maximum atomic E-state index is 14.3. The van der Waals surface area contributed by atoms with Crippen molar-refractivity contribution in [3.8, 4) is 0 Å². The molecule has 2 saturated carbocycles. The van der Waals surface area contributed by atoms with E-state index in [2.05, 4.69) is 42.4 Å². The van der Waals surface area contributed by atoms with Crippen LogP contribution in [0, 0.1) is 40.4 Å². The maximum absolute atomic E-state index is 14.3. The minimum Gasteiger partial charge on any atom is -0.427 e. The number of hydrogen-bond donors (Lipinski definition) is 1. The Morgan fingerprint density at radius 3 is 2.78 bits per heavy atom. The third kappa shape index (κ3) is 4.20. The average Bonchev–Trinajstić information content (AvgIpc) is 3.76. The molecule has 3 fully saturated rings. The van der Waals surface area contributed by atoms with Crippen LogP contribution in [0.1, 0.15) is 90.0 Å². The zero-order chi connectivity index (χ0) is 31.2. The number of pyridine rings is 1. The summed E-state index contributed by atoms with van der Waals surface area (Å²) in [7, 11) is 3.69. The van der Waals surface area contributed by atoms with E-state index in [9.17, 15) is 9.59 Å². The molecule has 0 radical (unpaired) electrons. The number of ether oxygens (including phenoxy) is 2. The number of allylic oxidation sites excluding steroid dienone is 5. The van der Waals surface area contributed by atoms with Gasteiger partial charge in [0.1, 0.15) is 17.3 Å². The van der Waals surface area contributed by atoms with E-state index in [1.807, 2.05) is 27.8 Å². The molecule has 1 aromatic heterocycles.